The van der Waals surface area contributed by atoms with Gasteiger partial charge in [-0.2, -0.15) is 5.10 Å². The van der Waals surface area contributed by atoms with E-state index in [1.165, 1.54) is 39.7 Å². The van der Waals surface area contributed by atoms with Crippen molar-refractivity contribution < 1.29 is 27.4 Å². The van der Waals surface area contributed by atoms with E-state index in [0.29, 0.717) is 22.1 Å². The van der Waals surface area contributed by atoms with E-state index in [-0.39, 0.29) is 11.4 Å². The Hall–Kier alpha value is -2.98. The fourth-order valence-electron chi connectivity index (χ4n) is 2.59. The van der Waals surface area contributed by atoms with E-state index in [4.69, 9.17) is 25.8 Å². The van der Waals surface area contributed by atoms with Crippen molar-refractivity contribution in [3.05, 3.63) is 47.0 Å². The van der Waals surface area contributed by atoms with E-state index < -0.39 is 22.5 Å². The second-order valence-corrected chi connectivity index (χ2v) is 8.30. The van der Waals surface area contributed by atoms with Gasteiger partial charge in [-0.3, -0.25) is 9.10 Å². The van der Waals surface area contributed by atoms with Crippen LogP contribution in [0.3, 0.4) is 0 Å². The Morgan fingerprint density at radius 1 is 1.13 bits per heavy atom. The minimum atomic E-state index is -3.81. The van der Waals surface area contributed by atoms with Gasteiger partial charge in [0, 0.05) is 10.6 Å². The topological polar surface area (TPSA) is 107 Å². The Balaban J connectivity index is 2.21. The molecule has 1 N–H and O–H groups in total. The Labute approximate surface area is 180 Å². The van der Waals surface area contributed by atoms with Gasteiger partial charge >= 0.3 is 0 Å². The molecule has 2 aromatic rings. The molecule has 0 bridgehead atoms. The van der Waals surface area contributed by atoms with E-state index in [2.05, 4.69) is 10.5 Å². The van der Waals surface area contributed by atoms with Crippen LogP contribution in [0, 0.1) is 0 Å². The molecule has 1 amide bonds. The highest BCUT2D eigenvalue weighted by Gasteiger charge is 2.24. The van der Waals surface area contributed by atoms with Crippen LogP contribution in [0.4, 0.5) is 5.69 Å². The van der Waals surface area contributed by atoms with Gasteiger partial charge in [0.1, 0.15) is 12.3 Å². The van der Waals surface area contributed by atoms with Crippen LogP contribution in [-0.2, 0) is 14.8 Å². The molecule has 0 atom stereocenters. The third-order valence-electron chi connectivity index (χ3n) is 3.92. The third-order valence-corrected chi connectivity index (χ3v) is 5.28. The van der Waals surface area contributed by atoms with Gasteiger partial charge in [0.25, 0.3) is 5.91 Å². The zero-order valence-corrected chi connectivity index (χ0v) is 18.5. The second-order valence-electron chi connectivity index (χ2n) is 5.96. The average molecular weight is 456 g/mol. The van der Waals surface area contributed by atoms with Crippen LogP contribution in [0.25, 0.3) is 0 Å². The number of benzene rings is 2. The van der Waals surface area contributed by atoms with Gasteiger partial charge < -0.3 is 14.2 Å². The van der Waals surface area contributed by atoms with Gasteiger partial charge in [-0.05, 0) is 30.3 Å². The Morgan fingerprint density at radius 3 is 2.43 bits per heavy atom. The summed E-state index contributed by atoms with van der Waals surface area (Å²) in [5.41, 5.74) is 3.00. The molecule has 0 saturated carbocycles. The number of hydrogen-bond acceptors (Lipinski definition) is 7. The lowest BCUT2D eigenvalue weighted by atomic mass is 10.2. The fraction of sp³-hybridized carbons (Fsp3) is 0.263. The Morgan fingerprint density at radius 2 is 1.83 bits per heavy atom. The standard InChI is InChI=1S/C19H22ClN3O6S/c1-27-16-9-8-14(20)10-15(16)23(30(4,25)26)12-18(24)22-21-11-13-6-5-7-17(28-2)19(13)29-3/h5-11H,12H2,1-4H3,(H,22,24)/b21-11-. The van der Waals surface area contributed by atoms with E-state index in [9.17, 15) is 13.2 Å². The van der Waals surface area contributed by atoms with Crippen LogP contribution in [0.1, 0.15) is 5.56 Å². The van der Waals surface area contributed by atoms with E-state index in [1.54, 1.807) is 24.3 Å². The number of rotatable bonds is 9. The summed E-state index contributed by atoms with van der Waals surface area (Å²) in [6.45, 7) is -0.526. The first-order valence-corrected chi connectivity index (χ1v) is 10.8. The van der Waals surface area contributed by atoms with E-state index >= 15 is 0 Å². The highest BCUT2D eigenvalue weighted by Crippen LogP contribution is 2.32. The number of ether oxygens (including phenoxy) is 3. The van der Waals surface area contributed by atoms with Gasteiger partial charge in [0.2, 0.25) is 10.0 Å². The maximum Gasteiger partial charge on any atom is 0.260 e. The van der Waals surface area contributed by atoms with Crippen LogP contribution in [-0.4, -0.2) is 54.7 Å². The predicted octanol–water partition coefficient (Wildman–Crippen LogP) is 2.28. The molecule has 0 unspecified atom stereocenters. The fourth-order valence-corrected chi connectivity index (χ4v) is 3.61. The number of halogens is 1. The molecule has 30 heavy (non-hydrogen) atoms. The van der Waals surface area contributed by atoms with Crippen molar-refractivity contribution >= 4 is 39.4 Å². The smallest absolute Gasteiger partial charge is 0.260 e. The van der Waals surface area contributed by atoms with Crippen molar-refractivity contribution in [1.82, 2.24) is 5.43 Å². The molecule has 11 heteroatoms. The molecule has 0 spiro atoms. The average Bonchev–Trinajstić information content (AvgIpc) is 2.70. The number of nitrogens with one attached hydrogen (secondary N) is 1. The molecule has 0 aliphatic rings. The third kappa shape index (κ3) is 5.77. The van der Waals surface area contributed by atoms with Crippen LogP contribution in [0.5, 0.6) is 17.2 Å². The van der Waals surface area contributed by atoms with Crippen LogP contribution >= 0.6 is 11.6 Å². The lowest BCUT2D eigenvalue weighted by Gasteiger charge is -2.23. The number of carbonyl (C=O) groups excluding carboxylic acids is 1. The number of para-hydroxylation sites is 1. The molecule has 162 valence electrons. The zero-order valence-electron chi connectivity index (χ0n) is 16.9. The predicted molar refractivity (Wildman–Crippen MR) is 115 cm³/mol. The van der Waals surface area contributed by atoms with Crippen molar-refractivity contribution in [2.75, 3.05) is 38.4 Å². The van der Waals surface area contributed by atoms with Gasteiger partial charge in [0.15, 0.2) is 11.5 Å². The SMILES string of the molecule is COc1ccc(Cl)cc1N(CC(=O)N/N=C\c1cccc(OC)c1OC)S(C)(=O)=O. The molecule has 2 rings (SSSR count). The zero-order chi connectivity index (χ0) is 22.3. The minimum absolute atomic E-state index is 0.140. The van der Waals surface area contributed by atoms with Gasteiger partial charge in [-0.15, -0.1) is 0 Å². The second kappa shape index (κ2) is 10.2. The van der Waals surface area contributed by atoms with Crippen molar-refractivity contribution in [2.24, 2.45) is 5.10 Å². The summed E-state index contributed by atoms with van der Waals surface area (Å²) in [5, 5.41) is 4.17. The largest absolute Gasteiger partial charge is 0.495 e. The maximum absolute atomic E-state index is 12.4. The van der Waals surface area contributed by atoms with Crippen molar-refractivity contribution in [3.8, 4) is 17.2 Å². The summed E-state index contributed by atoms with van der Waals surface area (Å²) in [4.78, 5) is 12.4. The maximum atomic E-state index is 12.4. The van der Waals surface area contributed by atoms with Gasteiger partial charge in [-0.1, -0.05) is 17.7 Å². The molecular formula is C19H22ClN3O6S. The first kappa shape index (κ1) is 23.3. The number of hydrazone groups is 1. The van der Waals surface area contributed by atoms with Crippen molar-refractivity contribution in [2.45, 2.75) is 0 Å². The van der Waals surface area contributed by atoms with Crippen molar-refractivity contribution in [1.29, 1.82) is 0 Å². The van der Waals surface area contributed by atoms with Crippen LogP contribution < -0.4 is 23.9 Å². The molecule has 0 radical (unpaired) electrons. The normalized spacial score (nSPS) is 11.2. The highest BCUT2D eigenvalue weighted by molar-refractivity contribution is 7.92. The number of anilines is 1. The van der Waals surface area contributed by atoms with E-state index in [1.807, 2.05) is 0 Å². The number of carbonyl (C=O) groups is 1. The lowest BCUT2D eigenvalue weighted by molar-refractivity contribution is -0.119. The number of amides is 1. The Bertz CT molecular complexity index is 1040. The number of hydrogen-bond donors (Lipinski definition) is 1. The monoisotopic (exact) mass is 455 g/mol. The molecular weight excluding hydrogens is 434 g/mol. The summed E-state index contributed by atoms with van der Waals surface area (Å²) in [5.74, 6) is 0.534. The number of sulfonamides is 1. The molecule has 0 aliphatic heterocycles. The molecule has 0 heterocycles. The summed E-state index contributed by atoms with van der Waals surface area (Å²) >= 11 is 5.99. The van der Waals surface area contributed by atoms with Crippen molar-refractivity contribution in [3.63, 3.8) is 0 Å². The highest BCUT2D eigenvalue weighted by atomic mass is 35.5. The summed E-state index contributed by atoms with van der Waals surface area (Å²) in [6.07, 6.45) is 2.34. The summed E-state index contributed by atoms with van der Waals surface area (Å²) in [6, 6.07) is 9.64. The minimum Gasteiger partial charge on any atom is -0.495 e. The lowest BCUT2D eigenvalue weighted by Crippen LogP contribution is -2.39. The summed E-state index contributed by atoms with van der Waals surface area (Å²) in [7, 11) is 0.561. The number of nitrogens with zero attached hydrogens (tertiary/aromatic N) is 2. The first-order chi connectivity index (χ1) is 14.2. The quantitative estimate of drug-likeness (QED) is 0.459. The molecule has 0 fully saturated rings. The van der Waals surface area contributed by atoms with Crippen LogP contribution in [0.2, 0.25) is 5.02 Å². The molecule has 0 saturated heterocycles. The van der Waals surface area contributed by atoms with Crippen LogP contribution in [0.15, 0.2) is 41.5 Å². The molecule has 0 aliphatic carbocycles. The molecule has 2 aromatic carbocycles. The Kier molecular flexibility index (Phi) is 7.90. The van der Waals surface area contributed by atoms with Gasteiger partial charge in [-0.25, -0.2) is 13.8 Å². The molecule has 0 aromatic heterocycles. The molecule has 9 nitrogen and oxygen atoms in total. The first-order valence-electron chi connectivity index (χ1n) is 8.55. The van der Waals surface area contributed by atoms with E-state index in [0.717, 1.165) is 10.6 Å². The van der Waals surface area contributed by atoms with Gasteiger partial charge in [0.05, 0.1) is 39.5 Å². The summed E-state index contributed by atoms with van der Waals surface area (Å²) < 4.78 is 41.1. The number of methoxy groups -OCH3 is 3.